The maximum atomic E-state index is 9.20. The van der Waals surface area contributed by atoms with Crippen molar-refractivity contribution < 1.29 is 9.47 Å². The molecule has 3 aromatic rings. The highest BCUT2D eigenvalue weighted by molar-refractivity contribution is 6.32. The third-order valence-electron chi connectivity index (χ3n) is 5.02. The molecule has 6 heteroatoms. The second-order valence-corrected chi connectivity index (χ2v) is 7.13. The number of hydrogen-bond acceptors (Lipinski definition) is 5. The Hall–Kier alpha value is -3.49. The Bertz CT molecular complexity index is 1150. The predicted molar refractivity (Wildman–Crippen MR) is 113 cm³/mol. The molecule has 4 rings (SSSR count). The quantitative estimate of drug-likeness (QED) is 0.696. The van der Waals surface area contributed by atoms with Gasteiger partial charge in [0.15, 0.2) is 5.54 Å². The van der Waals surface area contributed by atoms with Crippen LogP contribution in [0.15, 0.2) is 71.7 Å². The molecule has 0 aromatic heterocycles. The standard InChI is InChI=1S/C23H18ClN3O2/c1-28-21-9-8-19(12-20(21)24)23(14-29-22(26)27-23)18-7-3-6-17(11-18)16-5-2-4-15(10-16)13-25/h2-12H,14H2,1H3,(H2,26,27). The first-order valence-electron chi connectivity index (χ1n) is 8.99. The Kier molecular flexibility index (Phi) is 4.87. The van der Waals surface area contributed by atoms with Gasteiger partial charge >= 0.3 is 0 Å². The van der Waals surface area contributed by atoms with Gasteiger partial charge in [-0.05, 0) is 52.6 Å². The molecule has 0 saturated heterocycles. The maximum absolute atomic E-state index is 9.20. The zero-order chi connectivity index (χ0) is 20.4. The van der Waals surface area contributed by atoms with Crippen LogP contribution in [0.25, 0.3) is 11.1 Å². The summed E-state index contributed by atoms with van der Waals surface area (Å²) in [6.07, 6.45) is 0. The molecule has 5 nitrogen and oxygen atoms in total. The lowest BCUT2D eigenvalue weighted by Gasteiger charge is -2.26. The van der Waals surface area contributed by atoms with Crippen LogP contribution < -0.4 is 10.5 Å². The van der Waals surface area contributed by atoms with Crippen molar-refractivity contribution in [1.82, 2.24) is 0 Å². The fraction of sp³-hybridized carbons (Fsp3) is 0.130. The van der Waals surface area contributed by atoms with Crippen LogP contribution in [0.4, 0.5) is 0 Å². The summed E-state index contributed by atoms with van der Waals surface area (Å²) in [5.41, 5.74) is 9.38. The average molecular weight is 404 g/mol. The Labute approximate surface area is 174 Å². The minimum Gasteiger partial charge on any atom is -0.495 e. The minimum absolute atomic E-state index is 0.133. The van der Waals surface area contributed by atoms with E-state index in [9.17, 15) is 5.26 Å². The maximum Gasteiger partial charge on any atom is 0.283 e. The van der Waals surface area contributed by atoms with Gasteiger partial charge in [-0.2, -0.15) is 5.26 Å². The molecule has 1 aliphatic rings. The number of aliphatic imine (C=N–C) groups is 1. The molecule has 0 fully saturated rings. The molecule has 0 spiro atoms. The molecule has 1 heterocycles. The van der Waals surface area contributed by atoms with Crippen molar-refractivity contribution in [2.45, 2.75) is 5.54 Å². The zero-order valence-electron chi connectivity index (χ0n) is 15.7. The van der Waals surface area contributed by atoms with E-state index in [1.165, 1.54) is 0 Å². The molecule has 0 bridgehead atoms. The first-order chi connectivity index (χ1) is 14.1. The van der Waals surface area contributed by atoms with Crippen LogP contribution >= 0.6 is 11.6 Å². The van der Waals surface area contributed by atoms with E-state index < -0.39 is 5.54 Å². The number of amidine groups is 1. The molecule has 2 N–H and O–H groups in total. The SMILES string of the molecule is COc1ccc(C2(c3cccc(-c4cccc(C#N)c4)c3)COC(N)=N2)cc1Cl. The van der Waals surface area contributed by atoms with Crippen LogP contribution in [0.1, 0.15) is 16.7 Å². The van der Waals surface area contributed by atoms with Gasteiger partial charge in [0, 0.05) is 0 Å². The summed E-state index contributed by atoms with van der Waals surface area (Å²) >= 11 is 6.38. The van der Waals surface area contributed by atoms with Crippen LogP contribution in [-0.2, 0) is 10.3 Å². The number of ether oxygens (including phenoxy) is 2. The summed E-state index contributed by atoms with van der Waals surface area (Å²) in [4.78, 5) is 4.65. The van der Waals surface area contributed by atoms with Crippen molar-refractivity contribution in [3.8, 4) is 22.9 Å². The van der Waals surface area contributed by atoms with Crippen molar-refractivity contribution >= 4 is 17.6 Å². The van der Waals surface area contributed by atoms with Gasteiger partial charge in [0.05, 0.1) is 23.8 Å². The van der Waals surface area contributed by atoms with Gasteiger partial charge in [0.25, 0.3) is 6.02 Å². The van der Waals surface area contributed by atoms with E-state index in [4.69, 9.17) is 26.8 Å². The average Bonchev–Trinajstić information content (AvgIpc) is 3.17. The van der Waals surface area contributed by atoms with E-state index in [-0.39, 0.29) is 12.6 Å². The number of nitrogens with two attached hydrogens (primary N) is 1. The van der Waals surface area contributed by atoms with E-state index in [1.54, 1.807) is 13.2 Å². The topological polar surface area (TPSA) is 80.6 Å². The molecule has 144 valence electrons. The van der Waals surface area contributed by atoms with Gasteiger partial charge in [-0.3, -0.25) is 0 Å². The summed E-state index contributed by atoms with van der Waals surface area (Å²) < 4.78 is 10.8. The van der Waals surface area contributed by atoms with E-state index in [1.807, 2.05) is 60.7 Å². The van der Waals surface area contributed by atoms with Crippen molar-refractivity contribution in [2.24, 2.45) is 10.7 Å². The van der Waals surface area contributed by atoms with Crippen molar-refractivity contribution in [3.63, 3.8) is 0 Å². The van der Waals surface area contributed by atoms with Gasteiger partial charge in [-0.1, -0.05) is 48.0 Å². The van der Waals surface area contributed by atoms with Crippen LogP contribution in [-0.4, -0.2) is 19.7 Å². The lowest BCUT2D eigenvalue weighted by molar-refractivity contribution is 0.278. The number of rotatable bonds is 4. The summed E-state index contributed by atoms with van der Waals surface area (Å²) in [5, 5.41) is 9.69. The van der Waals surface area contributed by atoms with Crippen LogP contribution in [0.5, 0.6) is 5.75 Å². The second-order valence-electron chi connectivity index (χ2n) is 6.72. The lowest BCUT2D eigenvalue weighted by atomic mass is 9.83. The van der Waals surface area contributed by atoms with Crippen LogP contribution in [0.2, 0.25) is 5.02 Å². The normalized spacial score (nSPS) is 17.9. The smallest absolute Gasteiger partial charge is 0.283 e. The van der Waals surface area contributed by atoms with Crippen molar-refractivity contribution in [3.05, 3.63) is 88.4 Å². The van der Waals surface area contributed by atoms with Crippen molar-refractivity contribution in [2.75, 3.05) is 13.7 Å². The van der Waals surface area contributed by atoms with Gasteiger partial charge in [0.1, 0.15) is 12.4 Å². The summed E-state index contributed by atoms with van der Waals surface area (Å²) in [7, 11) is 1.57. The Morgan fingerprint density at radius 1 is 1.07 bits per heavy atom. The number of halogens is 1. The zero-order valence-corrected chi connectivity index (χ0v) is 16.5. The van der Waals surface area contributed by atoms with E-state index >= 15 is 0 Å². The number of methoxy groups -OCH3 is 1. The molecule has 0 aliphatic carbocycles. The molecule has 0 radical (unpaired) electrons. The van der Waals surface area contributed by atoms with E-state index in [0.717, 1.165) is 22.3 Å². The third-order valence-corrected chi connectivity index (χ3v) is 5.32. The highest BCUT2D eigenvalue weighted by Gasteiger charge is 2.40. The monoisotopic (exact) mass is 403 g/mol. The van der Waals surface area contributed by atoms with E-state index in [0.29, 0.717) is 16.3 Å². The summed E-state index contributed by atoms with van der Waals surface area (Å²) in [5.74, 6) is 0.587. The number of benzene rings is 3. The Balaban J connectivity index is 1.85. The third kappa shape index (κ3) is 3.39. The number of hydrogen-bond donors (Lipinski definition) is 1. The first kappa shape index (κ1) is 18.9. The van der Waals surface area contributed by atoms with Crippen molar-refractivity contribution in [1.29, 1.82) is 5.26 Å². The number of nitriles is 1. The Morgan fingerprint density at radius 2 is 1.79 bits per heavy atom. The molecular formula is C23H18ClN3O2. The highest BCUT2D eigenvalue weighted by atomic mass is 35.5. The van der Waals surface area contributed by atoms with E-state index in [2.05, 4.69) is 11.1 Å². The molecule has 1 aliphatic heterocycles. The minimum atomic E-state index is -0.817. The second kappa shape index (κ2) is 7.50. The molecule has 0 saturated carbocycles. The summed E-state index contributed by atoms with van der Waals surface area (Å²) in [6, 6.07) is 23.3. The molecule has 3 aromatic carbocycles. The Morgan fingerprint density at radius 3 is 2.45 bits per heavy atom. The van der Waals surface area contributed by atoms with Gasteiger partial charge in [-0.25, -0.2) is 4.99 Å². The highest BCUT2D eigenvalue weighted by Crippen LogP contribution is 2.41. The molecule has 29 heavy (non-hydrogen) atoms. The predicted octanol–water partition coefficient (Wildman–Crippen LogP) is 4.48. The molecule has 1 unspecified atom stereocenters. The fourth-order valence-electron chi connectivity index (χ4n) is 3.54. The fourth-order valence-corrected chi connectivity index (χ4v) is 3.80. The molecule has 1 atom stereocenters. The van der Waals surface area contributed by atoms with Crippen LogP contribution in [0.3, 0.4) is 0 Å². The first-order valence-corrected chi connectivity index (χ1v) is 9.37. The number of nitrogens with zero attached hydrogens (tertiary/aromatic N) is 2. The summed E-state index contributed by atoms with van der Waals surface area (Å²) in [6.45, 7) is 0.267. The largest absolute Gasteiger partial charge is 0.495 e. The lowest BCUT2D eigenvalue weighted by Crippen LogP contribution is -2.27. The van der Waals surface area contributed by atoms with Gasteiger partial charge < -0.3 is 15.2 Å². The van der Waals surface area contributed by atoms with Gasteiger partial charge in [-0.15, -0.1) is 0 Å². The molecular weight excluding hydrogens is 386 g/mol. The van der Waals surface area contributed by atoms with Crippen LogP contribution in [0, 0.1) is 11.3 Å². The molecule has 0 amide bonds. The van der Waals surface area contributed by atoms with Gasteiger partial charge in [0.2, 0.25) is 0 Å².